The van der Waals surface area contributed by atoms with Gasteiger partial charge in [-0.25, -0.2) is 8.42 Å². The van der Waals surface area contributed by atoms with Crippen molar-refractivity contribution in [1.82, 2.24) is 5.32 Å². The molecule has 0 aromatic heterocycles. The fraction of sp³-hybridized carbons (Fsp3) is 0.357. The Balaban J connectivity index is 2.61. The van der Waals surface area contributed by atoms with Crippen LogP contribution in [0.25, 0.3) is 6.08 Å². The van der Waals surface area contributed by atoms with Gasteiger partial charge in [0, 0.05) is 35.4 Å². The molecule has 1 N–H and O–H groups in total. The zero-order chi connectivity index (χ0) is 16.8. The summed E-state index contributed by atoms with van der Waals surface area (Å²) in [5, 5.41) is 2.67. The van der Waals surface area contributed by atoms with Crippen molar-refractivity contribution >= 4 is 33.8 Å². The van der Waals surface area contributed by atoms with Crippen LogP contribution in [0.4, 0.5) is 0 Å². The monoisotopic (exact) mass is 342 g/mol. The number of rotatable bonds is 7. The SMILES string of the molecule is CC(C)(CNC(=O)C=Cc1ccc(S(C)(=O)=O)cc1)SN=O. The number of sulfone groups is 1. The lowest BCUT2D eigenvalue weighted by Crippen LogP contribution is -2.34. The zero-order valence-corrected chi connectivity index (χ0v) is 14.2. The summed E-state index contributed by atoms with van der Waals surface area (Å²) in [6, 6.07) is 6.22. The van der Waals surface area contributed by atoms with Crippen molar-refractivity contribution in [3.8, 4) is 0 Å². The number of carbonyl (C=O) groups is 1. The van der Waals surface area contributed by atoms with E-state index in [-0.39, 0.29) is 10.8 Å². The molecule has 0 aliphatic carbocycles. The fourth-order valence-electron chi connectivity index (χ4n) is 1.49. The fourth-order valence-corrected chi connectivity index (χ4v) is 2.46. The van der Waals surface area contributed by atoms with Crippen LogP contribution in [0, 0.1) is 4.91 Å². The smallest absolute Gasteiger partial charge is 0.244 e. The Bertz CT molecular complexity index is 665. The lowest BCUT2D eigenvalue weighted by Gasteiger charge is -2.18. The van der Waals surface area contributed by atoms with Crippen LogP contribution >= 0.6 is 11.9 Å². The molecule has 0 saturated heterocycles. The van der Waals surface area contributed by atoms with E-state index in [1.807, 2.05) is 0 Å². The van der Waals surface area contributed by atoms with Gasteiger partial charge in [0.25, 0.3) is 0 Å². The van der Waals surface area contributed by atoms with Gasteiger partial charge in [0.15, 0.2) is 9.84 Å². The van der Waals surface area contributed by atoms with Crippen molar-refractivity contribution in [2.24, 2.45) is 4.58 Å². The third kappa shape index (κ3) is 6.40. The van der Waals surface area contributed by atoms with E-state index < -0.39 is 14.6 Å². The van der Waals surface area contributed by atoms with Crippen molar-refractivity contribution in [1.29, 1.82) is 0 Å². The quantitative estimate of drug-likeness (QED) is 0.467. The van der Waals surface area contributed by atoms with E-state index in [0.717, 1.165) is 18.2 Å². The number of nitrogens with one attached hydrogen (secondary N) is 1. The molecule has 0 fully saturated rings. The third-order valence-electron chi connectivity index (χ3n) is 2.71. The largest absolute Gasteiger partial charge is 0.351 e. The molecule has 1 rings (SSSR count). The Morgan fingerprint density at radius 1 is 1.32 bits per heavy atom. The molecule has 0 heterocycles. The van der Waals surface area contributed by atoms with Crippen LogP contribution in [0.15, 0.2) is 39.8 Å². The minimum absolute atomic E-state index is 0.231. The number of carbonyl (C=O) groups excluding carboxylic acids is 1. The summed E-state index contributed by atoms with van der Waals surface area (Å²) >= 11 is 0.868. The minimum atomic E-state index is -3.22. The number of hydrogen-bond donors (Lipinski definition) is 1. The van der Waals surface area contributed by atoms with Gasteiger partial charge in [-0.05, 0) is 37.6 Å². The van der Waals surface area contributed by atoms with Gasteiger partial charge in [-0.15, -0.1) is 4.91 Å². The first-order chi connectivity index (χ1) is 10.1. The molecule has 0 aliphatic rings. The molecule has 22 heavy (non-hydrogen) atoms. The highest BCUT2D eigenvalue weighted by atomic mass is 32.2. The normalized spacial score (nSPS) is 12.3. The lowest BCUT2D eigenvalue weighted by molar-refractivity contribution is -0.116. The van der Waals surface area contributed by atoms with E-state index in [2.05, 4.69) is 9.90 Å². The molecule has 0 bridgehead atoms. The summed E-state index contributed by atoms with van der Waals surface area (Å²) in [7, 11) is -3.22. The standard InChI is InChI=1S/C14H18N2O4S2/c1-14(2,21-16-18)10-15-13(17)9-6-11-4-7-12(8-5-11)22(3,19)20/h4-9H,10H2,1-3H3,(H,15,17). The van der Waals surface area contributed by atoms with Gasteiger partial charge in [0.05, 0.1) is 9.64 Å². The molecular weight excluding hydrogens is 324 g/mol. The van der Waals surface area contributed by atoms with E-state index in [1.165, 1.54) is 18.2 Å². The Hall–Kier alpha value is -1.67. The summed E-state index contributed by atoms with van der Waals surface area (Å²) in [5.41, 5.74) is 0.714. The molecule has 0 atom stereocenters. The van der Waals surface area contributed by atoms with Crippen LogP contribution in [-0.4, -0.2) is 31.9 Å². The van der Waals surface area contributed by atoms with E-state index in [4.69, 9.17) is 0 Å². The maximum absolute atomic E-state index is 11.7. The van der Waals surface area contributed by atoms with E-state index in [0.29, 0.717) is 12.1 Å². The number of nitroso groups, excluding NO2 is 1. The van der Waals surface area contributed by atoms with Crippen LogP contribution in [0.3, 0.4) is 0 Å². The minimum Gasteiger partial charge on any atom is -0.351 e. The summed E-state index contributed by atoms with van der Waals surface area (Å²) in [6.45, 7) is 3.90. The maximum Gasteiger partial charge on any atom is 0.244 e. The average molecular weight is 342 g/mol. The second kappa shape index (κ2) is 7.55. The highest BCUT2D eigenvalue weighted by Gasteiger charge is 2.20. The number of amides is 1. The molecule has 1 aromatic rings. The van der Waals surface area contributed by atoms with Crippen molar-refractivity contribution in [2.75, 3.05) is 12.8 Å². The van der Waals surface area contributed by atoms with Gasteiger partial charge in [0.1, 0.15) is 0 Å². The van der Waals surface area contributed by atoms with Gasteiger partial charge in [0.2, 0.25) is 5.91 Å². The Kier molecular flexibility index (Phi) is 6.31. The molecule has 0 unspecified atom stereocenters. The average Bonchev–Trinajstić information content (AvgIpc) is 2.42. The highest BCUT2D eigenvalue weighted by molar-refractivity contribution is 7.99. The molecule has 0 spiro atoms. The topological polar surface area (TPSA) is 92.7 Å². The van der Waals surface area contributed by atoms with Crippen molar-refractivity contribution in [3.63, 3.8) is 0 Å². The first-order valence-electron chi connectivity index (χ1n) is 6.41. The van der Waals surface area contributed by atoms with Crippen molar-refractivity contribution < 1.29 is 13.2 Å². The number of hydrogen-bond acceptors (Lipinski definition) is 6. The van der Waals surface area contributed by atoms with Crippen LogP contribution in [0.2, 0.25) is 0 Å². The molecule has 0 radical (unpaired) electrons. The summed E-state index contributed by atoms with van der Waals surface area (Å²) in [4.78, 5) is 22.1. The second-order valence-corrected chi connectivity index (χ2v) is 8.77. The second-order valence-electron chi connectivity index (χ2n) is 5.32. The summed E-state index contributed by atoms with van der Waals surface area (Å²) in [6.07, 6.45) is 4.07. The van der Waals surface area contributed by atoms with Gasteiger partial charge < -0.3 is 5.32 Å². The van der Waals surface area contributed by atoms with E-state index >= 15 is 0 Å². The molecule has 1 amide bonds. The maximum atomic E-state index is 11.7. The third-order valence-corrected chi connectivity index (χ3v) is 4.55. The van der Waals surface area contributed by atoms with E-state index in [1.54, 1.807) is 32.1 Å². The number of nitrogens with zero attached hydrogens (tertiary/aromatic N) is 1. The molecule has 0 aliphatic heterocycles. The van der Waals surface area contributed by atoms with E-state index in [9.17, 15) is 18.1 Å². The first kappa shape index (κ1) is 18.4. The molecule has 1 aromatic carbocycles. The lowest BCUT2D eigenvalue weighted by atomic mass is 10.2. The highest BCUT2D eigenvalue weighted by Crippen LogP contribution is 2.23. The summed E-state index contributed by atoms with van der Waals surface area (Å²) < 4.78 is 24.9. The van der Waals surface area contributed by atoms with Crippen molar-refractivity contribution in [3.05, 3.63) is 40.8 Å². The van der Waals surface area contributed by atoms with Crippen LogP contribution in [0.1, 0.15) is 19.4 Å². The summed E-state index contributed by atoms with van der Waals surface area (Å²) in [5.74, 6) is -0.299. The first-order valence-corrected chi connectivity index (χ1v) is 9.07. The Labute approximate surface area is 134 Å². The van der Waals surface area contributed by atoms with Crippen molar-refractivity contribution in [2.45, 2.75) is 23.5 Å². The molecule has 6 nitrogen and oxygen atoms in total. The predicted molar refractivity (Wildman–Crippen MR) is 89.1 cm³/mol. The van der Waals surface area contributed by atoms with Gasteiger partial charge in [-0.2, -0.15) is 0 Å². The molecule has 120 valence electrons. The zero-order valence-electron chi connectivity index (χ0n) is 12.6. The molecule has 8 heteroatoms. The van der Waals surface area contributed by atoms with Gasteiger partial charge in [-0.1, -0.05) is 12.1 Å². The van der Waals surface area contributed by atoms with Crippen LogP contribution < -0.4 is 5.32 Å². The van der Waals surface area contributed by atoms with Gasteiger partial charge in [-0.3, -0.25) is 4.79 Å². The molecule has 0 saturated carbocycles. The van der Waals surface area contributed by atoms with Gasteiger partial charge >= 0.3 is 0 Å². The predicted octanol–water partition coefficient (Wildman–Crippen LogP) is 2.41. The Morgan fingerprint density at radius 3 is 2.41 bits per heavy atom. The molecular formula is C14H18N2O4S2. The number of benzene rings is 1. The Morgan fingerprint density at radius 2 is 1.91 bits per heavy atom. The van der Waals surface area contributed by atoms with Crippen LogP contribution in [-0.2, 0) is 14.6 Å². The van der Waals surface area contributed by atoms with Crippen LogP contribution in [0.5, 0.6) is 0 Å².